The van der Waals surface area contributed by atoms with Crippen LogP contribution in [0.15, 0.2) is 28.8 Å². The summed E-state index contributed by atoms with van der Waals surface area (Å²) in [7, 11) is 0. The summed E-state index contributed by atoms with van der Waals surface area (Å²) >= 11 is 0. The molecule has 7 nitrogen and oxygen atoms in total. The number of aryl methyl sites for hydroxylation is 1. The molecule has 2 heterocycles. The predicted molar refractivity (Wildman–Crippen MR) is 99.3 cm³/mol. The fourth-order valence-corrected chi connectivity index (χ4v) is 3.03. The van der Waals surface area contributed by atoms with Gasteiger partial charge in [0.1, 0.15) is 5.75 Å². The minimum atomic E-state index is -0.105. The molecule has 2 aromatic rings. The molecule has 1 aliphatic rings. The Hall–Kier alpha value is -2.12. The lowest BCUT2D eigenvalue weighted by atomic mass is 9.79. The summed E-state index contributed by atoms with van der Waals surface area (Å²) in [6.45, 7) is 7.35. The SMILES string of the molecule is Cc1nc(COc2ccccc2C(=O)N2CCC(N)C(C)(C)C2)no1.Cl. The molecule has 1 atom stereocenters. The Balaban J connectivity index is 0.00000243. The van der Waals surface area contributed by atoms with Gasteiger partial charge in [0, 0.05) is 26.1 Å². The molecule has 1 aromatic heterocycles. The Morgan fingerprint density at radius 2 is 2.15 bits per heavy atom. The van der Waals surface area contributed by atoms with E-state index in [2.05, 4.69) is 24.0 Å². The maximum Gasteiger partial charge on any atom is 0.257 e. The number of aromatic nitrogens is 2. The van der Waals surface area contributed by atoms with Crippen molar-refractivity contribution in [1.82, 2.24) is 15.0 Å². The quantitative estimate of drug-likeness (QED) is 0.875. The molecule has 3 rings (SSSR count). The van der Waals surface area contributed by atoms with Crippen LogP contribution in [0.4, 0.5) is 0 Å². The average molecular weight is 381 g/mol. The van der Waals surface area contributed by atoms with E-state index in [1.54, 1.807) is 19.1 Å². The monoisotopic (exact) mass is 380 g/mol. The largest absolute Gasteiger partial charge is 0.485 e. The fourth-order valence-electron chi connectivity index (χ4n) is 3.03. The molecule has 1 aromatic carbocycles. The zero-order chi connectivity index (χ0) is 18.0. The smallest absolute Gasteiger partial charge is 0.257 e. The van der Waals surface area contributed by atoms with Gasteiger partial charge in [0.2, 0.25) is 11.7 Å². The van der Waals surface area contributed by atoms with E-state index in [0.29, 0.717) is 36.1 Å². The highest BCUT2D eigenvalue weighted by atomic mass is 35.5. The topological polar surface area (TPSA) is 94.5 Å². The molecule has 1 aliphatic heterocycles. The van der Waals surface area contributed by atoms with Gasteiger partial charge in [0.15, 0.2) is 6.61 Å². The molecule has 0 spiro atoms. The van der Waals surface area contributed by atoms with Gasteiger partial charge in [-0.1, -0.05) is 31.1 Å². The molecule has 8 heteroatoms. The second-order valence-corrected chi connectivity index (χ2v) is 7.12. The van der Waals surface area contributed by atoms with Crippen LogP contribution >= 0.6 is 12.4 Å². The number of para-hydroxylation sites is 1. The summed E-state index contributed by atoms with van der Waals surface area (Å²) in [5.41, 5.74) is 6.60. The zero-order valence-corrected chi connectivity index (χ0v) is 16.1. The molecule has 1 amide bonds. The Kier molecular flexibility index (Phi) is 6.26. The number of nitrogens with two attached hydrogens (primary N) is 1. The number of likely N-dealkylation sites (tertiary alicyclic amines) is 1. The van der Waals surface area contributed by atoms with Gasteiger partial charge < -0.3 is 19.9 Å². The van der Waals surface area contributed by atoms with Gasteiger partial charge in [0.05, 0.1) is 5.56 Å². The van der Waals surface area contributed by atoms with Crippen LogP contribution in [0.2, 0.25) is 0 Å². The second-order valence-electron chi connectivity index (χ2n) is 7.12. The van der Waals surface area contributed by atoms with E-state index in [4.69, 9.17) is 15.0 Å². The van der Waals surface area contributed by atoms with E-state index in [1.165, 1.54) is 0 Å². The summed E-state index contributed by atoms with van der Waals surface area (Å²) < 4.78 is 10.7. The van der Waals surface area contributed by atoms with Crippen molar-refractivity contribution in [3.05, 3.63) is 41.5 Å². The van der Waals surface area contributed by atoms with Crippen molar-refractivity contribution in [3.63, 3.8) is 0 Å². The van der Waals surface area contributed by atoms with Crippen LogP contribution in [0.25, 0.3) is 0 Å². The van der Waals surface area contributed by atoms with Crippen LogP contribution in [0.3, 0.4) is 0 Å². The molecule has 2 N–H and O–H groups in total. The van der Waals surface area contributed by atoms with Gasteiger partial charge in [-0.2, -0.15) is 4.98 Å². The molecule has 0 saturated carbocycles. The van der Waals surface area contributed by atoms with Gasteiger partial charge in [-0.3, -0.25) is 4.79 Å². The number of piperidine rings is 1. The summed E-state index contributed by atoms with van der Waals surface area (Å²) in [6, 6.07) is 7.33. The average Bonchev–Trinajstić information content (AvgIpc) is 3.00. The highest BCUT2D eigenvalue weighted by Gasteiger charge is 2.36. The molecular weight excluding hydrogens is 356 g/mol. The third kappa shape index (κ3) is 4.34. The standard InChI is InChI=1S/C18H24N4O3.ClH/c1-12-20-16(21-25-12)10-24-14-7-5-4-6-13(14)17(23)22-9-8-15(19)18(2,3)11-22;/h4-7,15H,8-11,19H2,1-3H3;1H. The minimum Gasteiger partial charge on any atom is -0.485 e. The fraction of sp³-hybridized carbons (Fsp3) is 0.500. The van der Waals surface area contributed by atoms with Gasteiger partial charge >= 0.3 is 0 Å². The number of nitrogens with zero attached hydrogens (tertiary/aromatic N) is 3. The maximum absolute atomic E-state index is 13.0. The van der Waals surface area contributed by atoms with Gasteiger partial charge in [-0.05, 0) is 24.0 Å². The first-order chi connectivity index (χ1) is 11.9. The first-order valence-electron chi connectivity index (χ1n) is 8.43. The molecule has 0 radical (unpaired) electrons. The Morgan fingerprint density at radius 1 is 1.42 bits per heavy atom. The number of halogens is 1. The van der Waals surface area contributed by atoms with Crippen molar-refractivity contribution in [2.45, 2.75) is 39.8 Å². The number of hydrogen-bond acceptors (Lipinski definition) is 6. The minimum absolute atomic E-state index is 0. The molecule has 1 saturated heterocycles. The van der Waals surface area contributed by atoms with E-state index < -0.39 is 0 Å². The van der Waals surface area contributed by atoms with E-state index in [-0.39, 0.29) is 36.4 Å². The Morgan fingerprint density at radius 3 is 2.81 bits per heavy atom. The third-order valence-corrected chi connectivity index (χ3v) is 4.64. The molecule has 0 bridgehead atoms. The first-order valence-corrected chi connectivity index (χ1v) is 8.43. The lowest BCUT2D eigenvalue weighted by Gasteiger charge is -2.42. The maximum atomic E-state index is 13.0. The number of rotatable bonds is 4. The number of ether oxygens (including phenoxy) is 1. The number of amides is 1. The predicted octanol–water partition coefficient (Wildman–Crippen LogP) is 2.58. The summed E-state index contributed by atoms with van der Waals surface area (Å²) in [6.07, 6.45) is 0.796. The molecule has 1 fully saturated rings. The van der Waals surface area contributed by atoms with E-state index >= 15 is 0 Å². The van der Waals surface area contributed by atoms with Crippen LogP contribution in [-0.4, -0.2) is 40.1 Å². The highest BCUT2D eigenvalue weighted by molar-refractivity contribution is 5.97. The van der Waals surface area contributed by atoms with Crippen LogP contribution in [-0.2, 0) is 6.61 Å². The Labute approximate surface area is 159 Å². The van der Waals surface area contributed by atoms with Gasteiger partial charge in [-0.15, -0.1) is 12.4 Å². The van der Waals surface area contributed by atoms with Crippen LogP contribution in [0.5, 0.6) is 5.75 Å². The van der Waals surface area contributed by atoms with Crippen molar-refractivity contribution < 1.29 is 14.1 Å². The third-order valence-electron chi connectivity index (χ3n) is 4.64. The van der Waals surface area contributed by atoms with Gasteiger partial charge in [-0.25, -0.2) is 0 Å². The van der Waals surface area contributed by atoms with Crippen LogP contribution in [0.1, 0.15) is 42.3 Å². The second kappa shape index (κ2) is 8.05. The Bertz CT molecular complexity index is 762. The van der Waals surface area contributed by atoms with Crippen molar-refractivity contribution in [2.75, 3.05) is 13.1 Å². The van der Waals surface area contributed by atoms with E-state index in [1.807, 2.05) is 17.0 Å². The normalized spacial score (nSPS) is 18.9. The molecular formula is C18H25ClN4O3. The number of benzene rings is 1. The lowest BCUT2D eigenvalue weighted by molar-refractivity contribution is 0.0528. The van der Waals surface area contributed by atoms with Crippen molar-refractivity contribution >= 4 is 18.3 Å². The van der Waals surface area contributed by atoms with Crippen LogP contribution in [0, 0.1) is 12.3 Å². The zero-order valence-electron chi connectivity index (χ0n) is 15.3. The summed E-state index contributed by atoms with van der Waals surface area (Å²) in [5.74, 6) is 1.40. The molecule has 142 valence electrons. The summed E-state index contributed by atoms with van der Waals surface area (Å²) in [4.78, 5) is 18.9. The van der Waals surface area contributed by atoms with Crippen LogP contribution < -0.4 is 10.5 Å². The number of carbonyl (C=O) groups excluding carboxylic acids is 1. The van der Waals surface area contributed by atoms with Crippen molar-refractivity contribution in [3.8, 4) is 5.75 Å². The number of carbonyl (C=O) groups is 1. The van der Waals surface area contributed by atoms with Gasteiger partial charge in [0.25, 0.3) is 5.91 Å². The molecule has 1 unspecified atom stereocenters. The van der Waals surface area contributed by atoms with E-state index in [0.717, 1.165) is 6.42 Å². The number of hydrogen-bond donors (Lipinski definition) is 1. The highest BCUT2D eigenvalue weighted by Crippen LogP contribution is 2.30. The van der Waals surface area contributed by atoms with E-state index in [9.17, 15) is 4.79 Å². The molecule has 0 aliphatic carbocycles. The van der Waals surface area contributed by atoms with Crippen molar-refractivity contribution in [2.24, 2.45) is 11.1 Å². The first kappa shape index (κ1) is 20.2. The van der Waals surface area contributed by atoms with Crippen molar-refractivity contribution in [1.29, 1.82) is 0 Å². The molecule has 26 heavy (non-hydrogen) atoms. The lowest BCUT2D eigenvalue weighted by Crippen LogP contribution is -2.54. The summed E-state index contributed by atoms with van der Waals surface area (Å²) in [5, 5.41) is 3.80.